The Labute approximate surface area is 146 Å². The van der Waals surface area contributed by atoms with Crippen LogP contribution >= 0.6 is 0 Å². The van der Waals surface area contributed by atoms with Crippen LogP contribution in [-0.2, 0) is 19.4 Å². The number of benzene rings is 1. The van der Waals surface area contributed by atoms with Gasteiger partial charge in [0.05, 0.1) is 12.9 Å². The first kappa shape index (κ1) is 17.5. The summed E-state index contributed by atoms with van der Waals surface area (Å²) in [4.78, 5) is 27.9. The minimum Gasteiger partial charge on any atom is -0.497 e. The van der Waals surface area contributed by atoms with Gasteiger partial charge in [-0.2, -0.15) is 0 Å². The van der Waals surface area contributed by atoms with Gasteiger partial charge in [-0.1, -0.05) is 12.1 Å². The van der Waals surface area contributed by atoms with Gasteiger partial charge in [0.15, 0.2) is 9.84 Å². The van der Waals surface area contributed by atoms with Crippen molar-refractivity contribution in [3.8, 4) is 5.75 Å². The molecule has 2 heterocycles. The van der Waals surface area contributed by atoms with E-state index in [1.165, 1.54) is 4.90 Å². The number of amides is 2. The zero-order valence-electron chi connectivity index (χ0n) is 13.9. The summed E-state index contributed by atoms with van der Waals surface area (Å²) in [5.74, 6) is -0.0221. The van der Waals surface area contributed by atoms with Crippen molar-refractivity contribution in [3.05, 3.63) is 35.7 Å². The van der Waals surface area contributed by atoms with E-state index in [1.54, 1.807) is 30.2 Å². The van der Waals surface area contributed by atoms with Gasteiger partial charge in [-0.15, -0.1) is 0 Å². The van der Waals surface area contributed by atoms with Gasteiger partial charge >= 0.3 is 0 Å². The van der Waals surface area contributed by atoms with Gasteiger partial charge in [0.2, 0.25) is 11.8 Å². The van der Waals surface area contributed by atoms with E-state index in [0.29, 0.717) is 18.8 Å². The maximum Gasteiger partial charge on any atom is 0.246 e. The second kappa shape index (κ2) is 6.87. The van der Waals surface area contributed by atoms with Crippen LogP contribution < -0.4 is 9.64 Å². The topological polar surface area (TPSA) is 84.0 Å². The van der Waals surface area contributed by atoms with Gasteiger partial charge in [-0.25, -0.2) is 8.42 Å². The molecule has 0 N–H and O–H groups in total. The average Bonchev–Trinajstić information content (AvgIpc) is 2.93. The Morgan fingerprint density at radius 3 is 2.76 bits per heavy atom. The molecule has 8 heteroatoms. The highest BCUT2D eigenvalue weighted by Crippen LogP contribution is 2.24. The molecule has 0 radical (unpaired) electrons. The van der Waals surface area contributed by atoms with Crippen LogP contribution in [0.5, 0.6) is 5.75 Å². The van der Waals surface area contributed by atoms with E-state index in [2.05, 4.69) is 0 Å². The molecule has 2 aliphatic rings. The molecular formula is C17H20N2O5S. The molecule has 1 atom stereocenters. The van der Waals surface area contributed by atoms with Crippen molar-refractivity contribution < 1.29 is 22.7 Å². The van der Waals surface area contributed by atoms with Crippen LogP contribution in [0.2, 0.25) is 0 Å². The van der Waals surface area contributed by atoms with Crippen LogP contribution in [0.25, 0.3) is 0 Å². The third-order valence-electron chi connectivity index (χ3n) is 4.38. The smallest absolute Gasteiger partial charge is 0.246 e. The molecule has 1 aromatic carbocycles. The zero-order valence-corrected chi connectivity index (χ0v) is 14.7. The Morgan fingerprint density at radius 1 is 1.32 bits per heavy atom. The first-order valence-corrected chi connectivity index (χ1v) is 9.72. The molecule has 0 saturated carbocycles. The molecule has 1 saturated heterocycles. The molecule has 0 bridgehead atoms. The van der Waals surface area contributed by atoms with Crippen LogP contribution in [-0.4, -0.2) is 57.6 Å². The quantitative estimate of drug-likeness (QED) is 0.790. The Morgan fingerprint density at radius 2 is 2.12 bits per heavy atom. The van der Waals surface area contributed by atoms with Crippen molar-refractivity contribution in [2.45, 2.75) is 6.42 Å². The summed E-state index contributed by atoms with van der Waals surface area (Å²) in [5, 5.41) is 1.16. The van der Waals surface area contributed by atoms with Crippen molar-refractivity contribution in [1.29, 1.82) is 0 Å². The third kappa shape index (κ3) is 4.01. The van der Waals surface area contributed by atoms with Crippen LogP contribution in [0.15, 0.2) is 35.7 Å². The molecule has 7 nitrogen and oxygen atoms in total. The van der Waals surface area contributed by atoms with Crippen LogP contribution in [0.3, 0.4) is 0 Å². The lowest BCUT2D eigenvalue weighted by Crippen LogP contribution is -2.52. The van der Waals surface area contributed by atoms with Crippen molar-refractivity contribution in [2.24, 2.45) is 5.92 Å². The highest BCUT2D eigenvalue weighted by molar-refractivity contribution is 7.94. The average molecular weight is 364 g/mol. The number of ether oxygens (including phenoxy) is 1. The van der Waals surface area contributed by atoms with E-state index in [-0.39, 0.29) is 36.5 Å². The Balaban J connectivity index is 1.60. The van der Waals surface area contributed by atoms with Gasteiger partial charge in [0.1, 0.15) is 12.3 Å². The summed E-state index contributed by atoms with van der Waals surface area (Å²) >= 11 is 0. The number of hydrogen-bond donors (Lipinski definition) is 0. The number of piperazine rings is 1. The number of allylic oxidation sites excluding steroid dienone is 1. The summed E-state index contributed by atoms with van der Waals surface area (Å²) in [5.41, 5.74) is 0.737. The van der Waals surface area contributed by atoms with E-state index in [1.807, 2.05) is 12.1 Å². The summed E-state index contributed by atoms with van der Waals surface area (Å²) in [6, 6.07) is 7.22. The molecule has 0 unspecified atom stereocenters. The van der Waals surface area contributed by atoms with Crippen molar-refractivity contribution >= 4 is 27.3 Å². The molecule has 134 valence electrons. The number of carbonyl (C=O) groups excluding carboxylic acids is 2. The molecule has 1 aromatic rings. The molecule has 0 aromatic heterocycles. The molecule has 3 rings (SSSR count). The Kier molecular flexibility index (Phi) is 4.80. The molecule has 0 spiro atoms. The maximum atomic E-state index is 12.4. The van der Waals surface area contributed by atoms with E-state index in [0.717, 1.165) is 11.1 Å². The third-order valence-corrected chi connectivity index (χ3v) is 5.84. The zero-order chi connectivity index (χ0) is 18.0. The summed E-state index contributed by atoms with van der Waals surface area (Å²) in [6.07, 6.45) is 1.67. The first-order valence-electron chi connectivity index (χ1n) is 8.01. The lowest BCUT2D eigenvalue weighted by Gasteiger charge is -2.34. The number of sulfone groups is 1. The van der Waals surface area contributed by atoms with E-state index in [9.17, 15) is 18.0 Å². The van der Waals surface area contributed by atoms with E-state index in [4.69, 9.17) is 4.74 Å². The second-order valence-corrected chi connectivity index (χ2v) is 8.12. The van der Waals surface area contributed by atoms with Gasteiger partial charge in [-0.3, -0.25) is 9.59 Å². The fraction of sp³-hybridized carbons (Fsp3) is 0.412. The highest BCUT2D eigenvalue weighted by atomic mass is 32.2. The molecule has 0 aliphatic carbocycles. The number of anilines is 1. The summed E-state index contributed by atoms with van der Waals surface area (Å²) in [7, 11) is -1.61. The molecule has 1 fully saturated rings. The fourth-order valence-corrected chi connectivity index (χ4v) is 4.46. The standard InChI is InChI=1S/C17H20N2O5S/c1-24-15-4-2-3-14(10-15)19-7-6-18(11-17(19)21)16(20)9-13-5-8-25(22,23)12-13/h2-5,8,10,13H,6-7,9,11-12H2,1H3/t13-/m0/s1. The van der Waals surface area contributed by atoms with Crippen molar-refractivity contribution in [2.75, 3.05) is 37.4 Å². The number of nitrogens with zero attached hydrogens (tertiary/aromatic N) is 2. The van der Waals surface area contributed by atoms with Crippen molar-refractivity contribution in [1.82, 2.24) is 4.90 Å². The van der Waals surface area contributed by atoms with Gasteiger partial charge in [0.25, 0.3) is 0 Å². The highest BCUT2D eigenvalue weighted by Gasteiger charge is 2.31. The number of rotatable bonds is 4. The monoisotopic (exact) mass is 364 g/mol. The number of hydrogen-bond acceptors (Lipinski definition) is 5. The normalized spacial score (nSPS) is 22.3. The lowest BCUT2D eigenvalue weighted by atomic mass is 10.1. The predicted octanol–water partition coefficient (Wildman–Crippen LogP) is 0.819. The van der Waals surface area contributed by atoms with Gasteiger partial charge in [0, 0.05) is 42.6 Å². The van der Waals surface area contributed by atoms with Gasteiger partial charge in [-0.05, 0) is 12.1 Å². The predicted molar refractivity (Wildman–Crippen MR) is 93.0 cm³/mol. The minimum absolute atomic E-state index is 0.000766. The second-order valence-electron chi connectivity index (χ2n) is 6.18. The lowest BCUT2D eigenvalue weighted by molar-refractivity contribution is -0.137. The molecule has 2 aliphatic heterocycles. The molecular weight excluding hydrogens is 344 g/mol. The Bertz CT molecular complexity index is 818. The van der Waals surface area contributed by atoms with Crippen LogP contribution in [0.4, 0.5) is 5.69 Å². The van der Waals surface area contributed by atoms with Crippen LogP contribution in [0.1, 0.15) is 6.42 Å². The number of carbonyl (C=O) groups is 2. The van der Waals surface area contributed by atoms with E-state index < -0.39 is 9.84 Å². The molecule has 2 amide bonds. The fourth-order valence-electron chi connectivity index (χ4n) is 3.06. The SMILES string of the molecule is COc1cccc(N2CCN(C(=O)C[C@@H]3C=CS(=O)(=O)C3)CC2=O)c1. The Hall–Kier alpha value is -2.35. The minimum atomic E-state index is -3.17. The summed E-state index contributed by atoms with van der Waals surface area (Å²) in [6.45, 7) is 0.820. The first-order chi connectivity index (χ1) is 11.9. The summed E-state index contributed by atoms with van der Waals surface area (Å²) < 4.78 is 28.0. The van der Waals surface area contributed by atoms with Crippen LogP contribution in [0, 0.1) is 5.92 Å². The van der Waals surface area contributed by atoms with E-state index >= 15 is 0 Å². The largest absolute Gasteiger partial charge is 0.497 e. The molecule has 25 heavy (non-hydrogen) atoms. The maximum absolute atomic E-state index is 12.4. The number of methoxy groups -OCH3 is 1. The van der Waals surface area contributed by atoms with Crippen molar-refractivity contribution in [3.63, 3.8) is 0 Å². The van der Waals surface area contributed by atoms with Gasteiger partial charge < -0.3 is 14.5 Å².